The maximum Gasteiger partial charge on any atom is 0.263 e. The number of hydrogen-bond donors (Lipinski definition) is 1. The molecule has 4 rings (SSSR count). The number of aryl methyl sites for hydroxylation is 1. The van der Waals surface area contributed by atoms with E-state index in [0.717, 1.165) is 49.1 Å². The topological polar surface area (TPSA) is 93.4 Å². The lowest BCUT2D eigenvalue weighted by molar-refractivity contribution is -0.121. The van der Waals surface area contributed by atoms with E-state index in [4.69, 9.17) is 14.2 Å². The first-order chi connectivity index (χ1) is 15.7. The first-order valence-corrected chi connectivity index (χ1v) is 11.1. The van der Waals surface area contributed by atoms with Gasteiger partial charge in [-0.15, -0.1) is 0 Å². The third kappa shape index (κ3) is 5.21. The minimum Gasteiger partial charge on any atom is -0.385 e. The number of anilines is 1. The van der Waals surface area contributed by atoms with Crippen LogP contribution in [0, 0.1) is 5.82 Å². The van der Waals surface area contributed by atoms with Crippen molar-refractivity contribution in [3.05, 3.63) is 35.9 Å². The maximum absolute atomic E-state index is 13.4. The molecule has 9 heteroatoms. The van der Waals surface area contributed by atoms with Crippen LogP contribution in [0.5, 0.6) is 0 Å². The van der Waals surface area contributed by atoms with Crippen LogP contribution >= 0.6 is 0 Å². The van der Waals surface area contributed by atoms with Gasteiger partial charge in [-0.05, 0) is 49.9 Å². The number of hydrogen-bond acceptors (Lipinski definition) is 7. The van der Waals surface area contributed by atoms with Gasteiger partial charge in [-0.1, -0.05) is 5.16 Å². The number of amides is 1. The van der Waals surface area contributed by atoms with E-state index in [1.807, 2.05) is 0 Å². The second-order valence-electron chi connectivity index (χ2n) is 7.93. The third-order valence-electron chi connectivity index (χ3n) is 5.56. The molecule has 1 amide bonds. The van der Waals surface area contributed by atoms with E-state index in [1.165, 1.54) is 18.6 Å². The highest BCUT2D eigenvalue weighted by Gasteiger charge is 2.24. The predicted molar refractivity (Wildman–Crippen MR) is 119 cm³/mol. The molecular weight excluding hydrogens is 413 g/mol. The first-order valence-electron chi connectivity index (χ1n) is 11.1. The van der Waals surface area contributed by atoms with Crippen LogP contribution in [-0.4, -0.2) is 54.4 Å². The maximum atomic E-state index is 13.4. The highest BCUT2D eigenvalue weighted by atomic mass is 19.1. The molecule has 1 fully saturated rings. The zero-order chi connectivity index (χ0) is 22.3. The lowest BCUT2D eigenvalue weighted by Gasteiger charge is -2.28. The summed E-state index contributed by atoms with van der Waals surface area (Å²) in [5, 5.41) is 7.84. The van der Waals surface area contributed by atoms with Crippen molar-refractivity contribution in [2.75, 3.05) is 38.3 Å². The molecule has 1 N–H and O–H groups in total. The SMILES string of the molecule is COCCCNC(=O)CCc1nc(N2CCCCC2)c2c(-c3ccc(F)cc3)noc2n1. The van der Waals surface area contributed by atoms with Crippen molar-refractivity contribution in [3.8, 4) is 11.3 Å². The highest BCUT2D eigenvalue weighted by Crippen LogP contribution is 2.35. The fourth-order valence-corrected chi connectivity index (χ4v) is 3.89. The van der Waals surface area contributed by atoms with Crippen molar-refractivity contribution >= 4 is 22.8 Å². The Bertz CT molecular complexity index is 1050. The molecule has 2 aromatic heterocycles. The Balaban J connectivity index is 1.60. The van der Waals surface area contributed by atoms with Gasteiger partial charge in [0.1, 0.15) is 28.5 Å². The Morgan fingerprint density at radius 2 is 1.97 bits per heavy atom. The second kappa shape index (κ2) is 10.5. The fourth-order valence-electron chi connectivity index (χ4n) is 3.89. The van der Waals surface area contributed by atoms with E-state index in [2.05, 4.69) is 20.4 Å². The average molecular weight is 442 g/mol. The predicted octanol–water partition coefficient (Wildman–Crippen LogP) is 3.50. The largest absolute Gasteiger partial charge is 0.385 e. The van der Waals surface area contributed by atoms with Gasteiger partial charge in [0.15, 0.2) is 0 Å². The molecule has 0 bridgehead atoms. The molecule has 170 valence electrons. The molecule has 0 spiro atoms. The van der Waals surface area contributed by atoms with Crippen LogP contribution < -0.4 is 10.2 Å². The van der Waals surface area contributed by atoms with Crippen LogP contribution in [0.15, 0.2) is 28.8 Å². The van der Waals surface area contributed by atoms with Gasteiger partial charge < -0.3 is 19.5 Å². The van der Waals surface area contributed by atoms with Crippen molar-refractivity contribution in [1.29, 1.82) is 0 Å². The minimum atomic E-state index is -0.308. The number of rotatable bonds is 9. The summed E-state index contributed by atoms with van der Waals surface area (Å²) < 4.78 is 24.0. The monoisotopic (exact) mass is 441 g/mol. The van der Waals surface area contributed by atoms with E-state index in [1.54, 1.807) is 19.2 Å². The van der Waals surface area contributed by atoms with E-state index >= 15 is 0 Å². The highest BCUT2D eigenvalue weighted by molar-refractivity contribution is 5.98. The molecule has 3 heterocycles. The van der Waals surface area contributed by atoms with Crippen LogP contribution in [0.3, 0.4) is 0 Å². The lowest BCUT2D eigenvalue weighted by Crippen LogP contribution is -2.31. The van der Waals surface area contributed by atoms with E-state index in [9.17, 15) is 9.18 Å². The Morgan fingerprint density at radius 1 is 1.19 bits per heavy atom. The van der Waals surface area contributed by atoms with Crippen molar-refractivity contribution in [1.82, 2.24) is 20.4 Å². The molecule has 0 unspecified atom stereocenters. The normalized spacial score (nSPS) is 14.1. The van der Waals surface area contributed by atoms with Crippen LogP contribution in [0.2, 0.25) is 0 Å². The summed E-state index contributed by atoms with van der Waals surface area (Å²) >= 11 is 0. The number of halogens is 1. The summed E-state index contributed by atoms with van der Waals surface area (Å²) in [4.78, 5) is 23.7. The molecule has 0 saturated carbocycles. The van der Waals surface area contributed by atoms with E-state index < -0.39 is 0 Å². The molecule has 1 aliphatic heterocycles. The molecule has 1 aliphatic rings. The number of nitrogens with zero attached hydrogens (tertiary/aromatic N) is 4. The molecular formula is C23H28FN5O3. The van der Waals surface area contributed by atoms with Crippen LogP contribution in [-0.2, 0) is 16.0 Å². The number of piperidine rings is 1. The molecule has 3 aromatic rings. The molecule has 1 saturated heterocycles. The lowest BCUT2D eigenvalue weighted by atomic mass is 10.1. The second-order valence-corrected chi connectivity index (χ2v) is 7.93. The molecule has 0 aliphatic carbocycles. The number of aromatic nitrogens is 3. The van der Waals surface area contributed by atoms with Gasteiger partial charge in [-0.3, -0.25) is 4.79 Å². The van der Waals surface area contributed by atoms with Gasteiger partial charge >= 0.3 is 0 Å². The van der Waals surface area contributed by atoms with Crippen LogP contribution in [0.1, 0.15) is 37.9 Å². The van der Waals surface area contributed by atoms with Crippen molar-refractivity contribution < 1.29 is 18.4 Å². The zero-order valence-corrected chi connectivity index (χ0v) is 18.3. The fraction of sp³-hybridized carbons (Fsp3) is 0.478. The summed E-state index contributed by atoms with van der Waals surface area (Å²) in [6.45, 7) is 2.97. The third-order valence-corrected chi connectivity index (χ3v) is 5.56. The summed E-state index contributed by atoms with van der Waals surface area (Å²) in [6.07, 6.45) is 4.82. The number of carbonyl (C=O) groups is 1. The number of benzene rings is 1. The standard InChI is InChI=1S/C23H28FN5O3/c1-31-15-5-12-25-19(30)11-10-18-26-22(29-13-3-2-4-14-29)20-21(28-32-23(20)27-18)16-6-8-17(24)9-7-16/h6-9H,2-5,10-15H2,1H3,(H,25,30). The summed E-state index contributed by atoms with van der Waals surface area (Å²) in [5.74, 6) is 0.962. The number of fused-ring (bicyclic) bond motifs is 1. The van der Waals surface area contributed by atoms with Crippen LogP contribution in [0.4, 0.5) is 10.2 Å². The number of methoxy groups -OCH3 is 1. The van der Waals surface area contributed by atoms with Gasteiger partial charge in [0.25, 0.3) is 5.71 Å². The van der Waals surface area contributed by atoms with Gasteiger partial charge in [-0.2, -0.15) is 4.98 Å². The summed E-state index contributed by atoms with van der Waals surface area (Å²) in [6, 6.07) is 6.15. The quantitative estimate of drug-likeness (QED) is 0.508. The Hall–Kier alpha value is -3.07. The molecule has 1 aromatic carbocycles. The summed E-state index contributed by atoms with van der Waals surface area (Å²) in [5.41, 5.74) is 1.73. The average Bonchev–Trinajstić information content (AvgIpc) is 3.25. The van der Waals surface area contributed by atoms with Crippen molar-refractivity contribution in [2.24, 2.45) is 0 Å². The Labute approximate surface area is 186 Å². The Morgan fingerprint density at radius 3 is 2.72 bits per heavy atom. The molecule has 32 heavy (non-hydrogen) atoms. The van der Waals surface area contributed by atoms with Gasteiger partial charge in [0, 0.05) is 51.8 Å². The minimum absolute atomic E-state index is 0.0473. The number of nitrogens with one attached hydrogen (secondary N) is 1. The first kappa shape index (κ1) is 22.1. The van der Waals surface area contributed by atoms with E-state index in [0.29, 0.717) is 36.8 Å². The molecule has 0 atom stereocenters. The zero-order valence-electron chi connectivity index (χ0n) is 18.3. The van der Waals surface area contributed by atoms with Gasteiger partial charge in [0.2, 0.25) is 5.91 Å². The van der Waals surface area contributed by atoms with E-state index in [-0.39, 0.29) is 18.1 Å². The van der Waals surface area contributed by atoms with Gasteiger partial charge in [0.05, 0.1) is 0 Å². The van der Waals surface area contributed by atoms with Crippen molar-refractivity contribution in [3.63, 3.8) is 0 Å². The van der Waals surface area contributed by atoms with Gasteiger partial charge in [-0.25, -0.2) is 9.37 Å². The number of ether oxygens (including phenoxy) is 1. The molecule has 0 radical (unpaired) electrons. The Kier molecular flexibility index (Phi) is 7.26. The molecule has 8 nitrogen and oxygen atoms in total. The van der Waals surface area contributed by atoms with Crippen LogP contribution in [0.25, 0.3) is 22.4 Å². The summed E-state index contributed by atoms with van der Waals surface area (Å²) in [7, 11) is 1.64. The smallest absolute Gasteiger partial charge is 0.263 e. The number of carbonyl (C=O) groups excluding carboxylic acids is 1. The van der Waals surface area contributed by atoms with Crippen molar-refractivity contribution in [2.45, 2.75) is 38.5 Å².